The summed E-state index contributed by atoms with van der Waals surface area (Å²) in [5.74, 6) is -1.05. The molecule has 0 aliphatic rings. The number of carbonyl (C=O) groups is 1. The summed E-state index contributed by atoms with van der Waals surface area (Å²) in [7, 11) is 0. The number of thiazole rings is 1. The predicted octanol–water partition coefficient (Wildman–Crippen LogP) is 2.84. The zero-order valence-corrected chi connectivity index (χ0v) is 15.6. The first-order chi connectivity index (χ1) is 14.2. The zero-order valence-electron chi connectivity index (χ0n) is 14.8. The van der Waals surface area contributed by atoms with E-state index in [-0.39, 0.29) is 15.9 Å². The molecular weight excluding hydrogens is 425 g/mol. The minimum atomic E-state index is -4.82. The van der Waals surface area contributed by atoms with Crippen LogP contribution in [0, 0.1) is 0 Å². The van der Waals surface area contributed by atoms with E-state index in [1.54, 1.807) is 12.1 Å². The van der Waals surface area contributed by atoms with Crippen molar-refractivity contribution in [3.63, 3.8) is 0 Å². The predicted molar refractivity (Wildman–Crippen MR) is 104 cm³/mol. The van der Waals surface area contributed by atoms with Gasteiger partial charge in [-0.3, -0.25) is 19.5 Å². The molecule has 2 heterocycles. The second-order valence-electron chi connectivity index (χ2n) is 6.12. The zero-order chi connectivity index (χ0) is 21.5. The Morgan fingerprint density at radius 1 is 1.17 bits per heavy atom. The highest BCUT2D eigenvalue weighted by Gasteiger charge is 2.31. The van der Waals surface area contributed by atoms with Crippen LogP contribution >= 0.6 is 11.3 Å². The van der Waals surface area contributed by atoms with E-state index in [1.807, 2.05) is 0 Å². The van der Waals surface area contributed by atoms with Gasteiger partial charge in [0.1, 0.15) is 12.3 Å². The van der Waals surface area contributed by atoms with Gasteiger partial charge in [0.25, 0.3) is 11.1 Å². The highest BCUT2D eigenvalue weighted by atomic mass is 32.1. The van der Waals surface area contributed by atoms with Crippen molar-refractivity contribution < 1.29 is 22.7 Å². The van der Waals surface area contributed by atoms with Gasteiger partial charge in [0.05, 0.1) is 21.0 Å². The number of aromatic nitrogens is 3. The standard InChI is InChI=1S/C18H11F3N4O4S/c19-18(20,21)29-9-5-6-12-13(7-9)30-17(22-12)23-14(26)8-25-16(28)11-4-2-1-3-10(11)15(27)24-25/h1-7H,8H2,(H,24,27)(H,22,23,26). The van der Waals surface area contributed by atoms with Crippen LogP contribution in [-0.2, 0) is 11.3 Å². The molecular formula is C18H11F3N4O4S. The van der Waals surface area contributed by atoms with Crippen LogP contribution < -0.4 is 21.2 Å². The van der Waals surface area contributed by atoms with E-state index in [4.69, 9.17) is 0 Å². The number of benzene rings is 2. The fraction of sp³-hybridized carbons (Fsp3) is 0.111. The number of amides is 1. The number of ether oxygens (including phenoxy) is 1. The lowest BCUT2D eigenvalue weighted by Gasteiger charge is -2.07. The van der Waals surface area contributed by atoms with Crippen molar-refractivity contribution in [2.24, 2.45) is 0 Å². The van der Waals surface area contributed by atoms with Crippen molar-refractivity contribution in [2.45, 2.75) is 12.9 Å². The van der Waals surface area contributed by atoms with Gasteiger partial charge in [-0.15, -0.1) is 13.2 Å². The number of hydrogen-bond acceptors (Lipinski definition) is 6. The quantitative estimate of drug-likeness (QED) is 0.512. The lowest BCUT2D eigenvalue weighted by Crippen LogP contribution is -2.34. The number of nitrogens with zero attached hydrogens (tertiary/aromatic N) is 2. The molecule has 2 aromatic carbocycles. The number of rotatable bonds is 4. The minimum Gasteiger partial charge on any atom is -0.406 e. The van der Waals surface area contributed by atoms with Crippen molar-refractivity contribution >= 4 is 43.4 Å². The molecule has 0 aliphatic heterocycles. The van der Waals surface area contributed by atoms with Gasteiger partial charge in [-0.2, -0.15) is 0 Å². The largest absolute Gasteiger partial charge is 0.573 e. The van der Waals surface area contributed by atoms with Gasteiger partial charge in [-0.05, 0) is 24.3 Å². The maximum Gasteiger partial charge on any atom is 0.573 e. The molecule has 2 N–H and O–H groups in total. The van der Waals surface area contributed by atoms with Crippen molar-refractivity contribution in [1.29, 1.82) is 0 Å². The third kappa shape index (κ3) is 4.03. The molecule has 1 amide bonds. The number of nitrogens with one attached hydrogen (secondary N) is 2. The second kappa shape index (κ2) is 7.30. The summed E-state index contributed by atoms with van der Waals surface area (Å²) in [5, 5.41) is 5.31. The Morgan fingerprint density at radius 3 is 2.63 bits per heavy atom. The van der Waals surface area contributed by atoms with Crippen LogP contribution in [0.1, 0.15) is 0 Å². The monoisotopic (exact) mass is 436 g/mol. The lowest BCUT2D eigenvalue weighted by atomic mass is 10.2. The highest BCUT2D eigenvalue weighted by Crippen LogP contribution is 2.31. The number of H-pyrrole nitrogens is 1. The molecule has 0 bridgehead atoms. The SMILES string of the molecule is O=C(Cn1[nH]c(=O)c2ccccc2c1=O)Nc1nc2ccc(OC(F)(F)F)cc2s1. The van der Waals surface area contributed by atoms with Crippen LogP contribution in [-0.4, -0.2) is 27.0 Å². The molecule has 0 aliphatic carbocycles. The van der Waals surface area contributed by atoms with Gasteiger partial charge in [0.2, 0.25) is 5.91 Å². The fourth-order valence-corrected chi connectivity index (χ4v) is 3.73. The van der Waals surface area contributed by atoms with Gasteiger partial charge in [0, 0.05) is 6.07 Å². The first-order valence-electron chi connectivity index (χ1n) is 8.38. The number of carbonyl (C=O) groups excluding carboxylic acids is 1. The third-order valence-electron chi connectivity index (χ3n) is 4.03. The maximum absolute atomic E-state index is 12.5. The Bertz CT molecular complexity index is 1390. The third-order valence-corrected chi connectivity index (χ3v) is 4.96. The van der Waals surface area contributed by atoms with Gasteiger partial charge in [0.15, 0.2) is 5.13 Å². The summed E-state index contributed by atoms with van der Waals surface area (Å²) in [6.45, 7) is -0.475. The number of anilines is 1. The van der Waals surface area contributed by atoms with Crippen LogP contribution in [0.4, 0.5) is 18.3 Å². The summed E-state index contributed by atoms with van der Waals surface area (Å²) < 4.78 is 42.1. The van der Waals surface area contributed by atoms with Crippen molar-refractivity contribution in [1.82, 2.24) is 14.8 Å². The smallest absolute Gasteiger partial charge is 0.406 e. The van der Waals surface area contributed by atoms with Crippen LogP contribution in [0.3, 0.4) is 0 Å². The fourth-order valence-electron chi connectivity index (χ4n) is 2.82. The Kier molecular flexibility index (Phi) is 4.78. The molecule has 0 saturated heterocycles. The Balaban J connectivity index is 1.55. The molecule has 0 radical (unpaired) electrons. The van der Waals surface area contributed by atoms with Gasteiger partial charge >= 0.3 is 6.36 Å². The van der Waals surface area contributed by atoms with Gasteiger partial charge in [-0.25, -0.2) is 9.67 Å². The van der Waals surface area contributed by atoms with E-state index < -0.39 is 35.7 Å². The molecule has 12 heteroatoms. The lowest BCUT2D eigenvalue weighted by molar-refractivity contribution is -0.274. The van der Waals surface area contributed by atoms with Crippen LogP contribution in [0.5, 0.6) is 5.75 Å². The highest BCUT2D eigenvalue weighted by molar-refractivity contribution is 7.22. The minimum absolute atomic E-state index is 0.121. The van der Waals surface area contributed by atoms with E-state index >= 15 is 0 Å². The van der Waals surface area contributed by atoms with Gasteiger partial charge < -0.3 is 10.1 Å². The van der Waals surface area contributed by atoms with Crippen molar-refractivity contribution in [3.8, 4) is 5.75 Å². The molecule has 2 aromatic heterocycles. The van der Waals surface area contributed by atoms with E-state index in [9.17, 15) is 27.6 Å². The normalized spacial score (nSPS) is 11.7. The van der Waals surface area contributed by atoms with Gasteiger partial charge in [-0.1, -0.05) is 23.5 Å². The second-order valence-corrected chi connectivity index (χ2v) is 7.15. The number of hydrogen-bond donors (Lipinski definition) is 2. The number of halogens is 3. The van der Waals surface area contributed by atoms with E-state index in [1.165, 1.54) is 18.2 Å². The number of alkyl halides is 3. The summed E-state index contributed by atoms with van der Waals surface area (Å²) in [6.07, 6.45) is -4.82. The first-order valence-corrected chi connectivity index (χ1v) is 9.19. The average Bonchev–Trinajstić information content (AvgIpc) is 3.06. The average molecular weight is 436 g/mol. The maximum atomic E-state index is 12.5. The molecule has 0 atom stereocenters. The number of fused-ring (bicyclic) bond motifs is 2. The summed E-state index contributed by atoms with van der Waals surface area (Å²) >= 11 is 0.937. The topological polar surface area (TPSA) is 106 Å². The molecule has 154 valence electrons. The molecule has 0 saturated carbocycles. The van der Waals surface area contributed by atoms with Crippen molar-refractivity contribution in [2.75, 3.05) is 5.32 Å². The Morgan fingerprint density at radius 2 is 1.90 bits per heavy atom. The summed E-state index contributed by atoms with van der Waals surface area (Å²) in [6, 6.07) is 9.79. The summed E-state index contributed by atoms with van der Waals surface area (Å²) in [4.78, 5) is 41.0. The van der Waals surface area contributed by atoms with E-state index in [0.717, 1.165) is 28.2 Å². The Labute approximate surface area is 168 Å². The molecule has 30 heavy (non-hydrogen) atoms. The molecule has 8 nitrogen and oxygen atoms in total. The van der Waals surface area contributed by atoms with Crippen LogP contribution in [0.15, 0.2) is 52.1 Å². The first kappa shape index (κ1) is 19.6. The molecule has 0 unspecified atom stereocenters. The Hall–Kier alpha value is -3.67. The van der Waals surface area contributed by atoms with E-state index in [0.29, 0.717) is 10.2 Å². The molecule has 0 fully saturated rings. The number of aromatic amines is 1. The van der Waals surface area contributed by atoms with Crippen molar-refractivity contribution in [3.05, 3.63) is 63.2 Å². The molecule has 4 rings (SSSR count). The van der Waals surface area contributed by atoms with Crippen LogP contribution in [0.25, 0.3) is 21.0 Å². The summed E-state index contributed by atoms with van der Waals surface area (Å²) in [5.41, 5.74) is -0.699. The molecule has 0 spiro atoms. The van der Waals surface area contributed by atoms with Crippen LogP contribution in [0.2, 0.25) is 0 Å². The van der Waals surface area contributed by atoms with E-state index in [2.05, 4.69) is 20.1 Å². The molecule has 4 aromatic rings.